The average Bonchev–Trinajstić information content (AvgIpc) is 3.34. The van der Waals surface area contributed by atoms with E-state index >= 15 is 0 Å². The Labute approximate surface area is 165 Å². The first kappa shape index (κ1) is 19.0. The molecule has 1 aliphatic carbocycles. The van der Waals surface area contributed by atoms with Crippen LogP contribution in [0, 0.1) is 5.92 Å². The fourth-order valence-corrected chi connectivity index (χ4v) is 6.22. The van der Waals surface area contributed by atoms with Crippen LogP contribution in [0.4, 0.5) is 5.69 Å². The molecular weight excluding hydrogens is 376 g/mol. The number of ether oxygens (including phenoxy) is 1. The number of nitrogens with one attached hydrogen (secondary N) is 1. The standard InChI is InChI=1S/C21H24N2O4S/c1-15(2)27-19-10-8-18(9-11-19)22-20(24)21-12-17(21)14-23(28(21,25)26)13-16-6-4-3-5-7-16/h3-11,15,17H,12-14H2,1-2H3,(H,22,24)/t17-,21+/m0/s1. The number of benzene rings is 2. The van der Waals surface area contributed by atoms with E-state index in [0.717, 1.165) is 5.56 Å². The Bertz CT molecular complexity index is 973. The Kier molecular flexibility index (Phi) is 4.67. The zero-order valence-electron chi connectivity index (χ0n) is 16.0. The van der Waals surface area contributed by atoms with Gasteiger partial charge < -0.3 is 10.1 Å². The molecule has 1 N–H and O–H groups in total. The van der Waals surface area contributed by atoms with Crippen LogP contribution >= 0.6 is 0 Å². The topological polar surface area (TPSA) is 75.7 Å². The SMILES string of the molecule is CC(C)Oc1ccc(NC(=O)[C@@]23C[C@H]2CN(Cc2ccccc2)S3(=O)=O)cc1. The maximum atomic E-state index is 13.1. The fraction of sp³-hybridized carbons (Fsp3) is 0.381. The van der Waals surface area contributed by atoms with Crippen molar-refractivity contribution in [3.63, 3.8) is 0 Å². The highest BCUT2D eigenvalue weighted by molar-refractivity contribution is 7.92. The molecule has 1 amide bonds. The molecule has 2 fully saturated rings. The molecule has 4 rings (SSSR count). The van der Waals surface area contributed by atoms with Gasteiger partial charge in [0.15, 0.2) is 4.75 Å². The number of anilines is 1. The molecular formula is C21H24N2O4S. The summed E-state index contributed by atoms with van der Waals surface area (Å²) in [6, 6.07) is 16.4. The van der Waals surface area contributed by atoms with Gasteiger partial charge in [0.2, 0.25) is 15.9 Å². The van der Waals surface area contributed by atoms with Gasteiger partial charge >= 0.3 is 0 Å². The largest absolute Gasteiger partial charge is 0.491 e. The Balaban J connectivity index is 1.47. The van der Waals surface area contributed by atoms with Gasteiger partial charge in [0.1, 0.15) is 5.75 Å². The van der Waals surface area contributed by atoms with Crippen LogP contribution in [0.2, 0.25) is 0 Å². The van der Waals surface area contributed by atoms with Crippen LogP contribution in [-0.4, -0.2) is 36.0 Å². The summed E-state index contributed by atoms with van der Waals surface area (Å²) in [4.78, 5) is 12.9. The highest BCUT2D eigenvalue weighted by Crippen LogP contribution is 2.58. The molecule has 0 bridgehead atoms. The van der Waals surface area contributed by atoms with E-state index in [9.17, 15) is 13.2 Å². The number of carbonyl (C=O) groups excluding carboxylic acids is 1. The zero-order valence-corrected chi connectivity index (χ0v) is 16.8. The molecule has 1 saturated carbocycles. The first-order valence-corrected chi connectivity index (χ1v) is 10.9. The number of amides is 1. The quantitative estimate of drug-likeness (QED) is 0.809. The molecule has 2 aromatic carbocycles. The number of rotatable bonds is 6. The molecule has 2 aliphatic rings. The van der Waals surface area contributed by atoms with Gasteiger partial charge in [-0.2, -0.15) is 4.31 Å². The first-order valence-electron chi connectivity index (χ1n) is 9.45. The van der Waals surface area contributed by atoms with Crippen LogP contribution in [0.1, 0.15) is 25.8 Å². The molecule has 0 radical (unpaired) electrons. The minimum Gasteiger partial charge on any atom is -0.491 e. The summed E-state index contributed by atoms with van der Waals surface area (Å²) < 4.78 is 31.9. The molecule has 1 aliphatic heterocycles. The predicted octanol–water partition coefficient (Wildman–Crippen LogP) is 3.02. The number of hydrogen-bond donors (Lipinski definition) is 1. The van der Waals surface area contributed by atoms with Crippen LogP contribution in [0.15, 0.2) is 54.6 Å². The zero-order chi connectivity index (χ0) is 19.9. The maximum absolute atomic E-state index is 13.1. The van der Waals surface area contributed by atoms with Crippen molar-refractivity contribution in [2.75, 3.05) is 11.9 Å². The second-order valence-electron chi connectivity index (χ2n) is 7.72. The maximum Gasteiger partial charge on any atom is 0.247 e. The molecule has 0 unspecified atom stereocenters. The van der Waals surface area contributed by atoms with E-state index in [1.807, 2.05) is 44.2 Å². The molecule has 1 saturated heterocycles. The van der Waals surface area contributed by atoms with Crippen molar-refractivity contribution in [3.05, 3.63) is 60.2 Å². The molecule has 1 heterocycles. The second kappa shape index (κ2) is 6.90. The summed E-state index contributed by atoms with van der Waals surface area (Å²) in [5.74, 6) is 0.119. The Morgan fingerprint density at radius 2 is 1.86 bits per heavy atom. The lowest BCUT2D eigenvalue weighted by Crippen LogP contribution is -2.41. The van der Waals surface area contributed by atoms with Crippen molar-refractivity contribution in [2.24, 2.45) is 5.92 Å². The van der Waals surface area contributed by atoms with Gasteiger partial charge in [-0.15, -0.1) is 0 Å². The minimum atomic E-state index is -3.70. The lowest BCUT2D eigenvalue weighted by atomic mass is 10.2. The highest BCUT2D eigenvalue weighted by atomic mass is 32.2. The van der Waals surface area contributed by atoms with Gasteiger partial charge in [0, 0.05) is 24.7 Å². The van der Waals surface area contributed by atoms with E-state index in [-0.39, 0.29) is 12.0 Å². The summed E-state index contributed by atoms with van der Waals surface area (Å²) in [6.07, 6.45) is 0.451. The van der Waals surface area contributed by atoms with E-state index in [1.165, 1.54) is 4.31 Å². The van der Waals surface area contributed by atoms with E-state index < -0.39 is 20.7 Å². The van der Waals surface area contributed by atoms with Crippen LogP contribution < -0.4 is 10.1 Å². The Morgan fingerprint density at radius 1 is 1.18 bits per heavy atom. The Hall–Kier alpha value is -2.38. The summed E-state index contributed by atoms with van der Waals surface area (Å²) in [6.45, 7) is 4.57. The monoisotopic (exact) mass is 400 g/mol. The molecule has 2 atom stereocenters. The number of sulfonamides is 1. The Morgan fingerprint density at radius 3 is 2.50 bits per heavy atom. The normalized spacial score (nSPS) is 25.3. The fourth-order valence-electron chi connectivity index (χ4n) is 3.87. The average molecular weight is 400 g/mol. The van der Waals surface area contributed by atoms with Crippen LogP contribution in [-0.2, 0) is 21.4 Å². The van der Waals surface area contributed by atoms with Crippen molar-refractivity contribution in [1.29, 1.82) is 0 Å². The van der Waals surface area contributed by atoms with Crippen molar-refractivity contribution in [3.8, 4) is 5.75 Å². The summed E-state index contributed by atoms with van der Waals surface area (Å²) in [5.41, 5.74) is 1.49. The molecule has 6 nitrogen and oxygen atoms in total. The third-order valence-corrected chi connectivity index (χ3v) is 7.91. The molecule has 0 aromatic heterocycles. The smallest absolute Gasteiger partial charge is 0.247 e. The van der Waals surface area contributed by atoms with E-state index in [2.05, 4.69) is 5.32 Å². The lowest BCUT2D eigenvalue weighted by molar-refractivity contribution is -0.116. The minimum absolute atomic E-state index is 0.0609. The second-order valence-corrected chi connectivity index (χ2v) is 9.91. The van der Waals surface area contributed by atoms with Crippen LogP contribution in [0.25, 0.3) is 0 Å². The van der Waals surface area contributed by atoms with Crippen molar-refractivity contribution in [1.82, 2.24) is 4.31 Å². The lowest BCUT2D eigenvalue weighted by Gasteiger charge is -2.21. The van der Waals surface area contributed by atoms with Gasteiger partial charge in [0.25, 0.3) is 0 Å². The van der Waals surface area contributed by atoms with Gasteiger partial charge in [-0.05, 0) is 50.1 Å². The predicted molar refractivity (Wildman–Crippen MR) is 107 cm³/mol. The van der Waals surface area contributed by atoms with E-state index in [0.29, 0.717) is 30.9 Å². The van der Waals surface area contributed by atoms with Crippen molar-refractivity contribution >= 4 is 21.6 Å². The van der Waals surface area contributed by atoms with Crippen LogP contribution in [0.3, 0.4) is 0 Å². The molecule has 28 heavy (non-hydrogen) atoms. The van der Waals surface area contributed by atoms with E-state index in [1.54, 1.807) is 24.3 Å². The molecule has 148 valence electrons. The molecule has 7 heteroatoms. The van der Waals surface area contributed by atoms with Gasteiger partial charge in [-0.3, -0.25) is 4.79 Å². The van der Waals surface area contributed by atoms with Gasteiger partial charge in [0.05, 0.1) is 6.10 Å². The van der Waals surface area contributed by atoms with Crippen molar-refractivity contribution < 1.29 is 17.9 Å². The number of fused-ring (bicyclic) bond motifs is 1. The number of hydrogen-bond acceptors (Lipinski definition) is 4. The van der Waals surface area contributed by atoms with E-state index in [4.69, 9.17) is 4.74 Å². The van der Waals surface area contributed by atoms with Crippen molar-refractivity contribution in [2.45, 2.75) is 37.7 Å². The third kappa shape index (κ3) is 3.18. The van der Waals surface area contributed by atoms with Gasteiger partial charge in [-0.25, -0.2) is 8.42 Å². The highest BCUT2D eigenvalue weighted by Gasteiger charge is 2.75. The number of carbonyl (C=O) groups is 1. The van der Waals surface area contributed by atoms with Crippen LogP contribution in [0.5, 0.6) is 5.75 Å². The molecule has 0 spiro atoms. The summed E-state index contributed by atoms with van der Waals surface area (Å²) in [5, 5.41) is 2.79. The van der Waals surface area contributed by atoms with Gasteiger partial charge in [-0.1, -0.05) is 30.3 Å². The third-order valence-electron chi connectivity index (χ3n) is 5.34. The first-order chi connectivity index (χ1) is 13.3. The summed E-state index contributed by atoms with van der Waals surface area (Å²) in [7, 11) is -3.70. The molecule has 2 aromatic rings. The summed E-state index contributed by atoms with van der Waals surface area (Å²) >= 11 is 0. The number of nitrogens with zero attached hydrogens (tertiary/aromatic N) is 1.